The molecule has 1 aromatic carbocycles. The summed E-state index contributed by atoms with van der Waals surface area (Å²) in [6.07, 6.45) is 1.88. The van der Waals surface area contributed by atoms with Crippen molar-refractivity contribution in [3.05, 3.63) is 46.3 Å². The number of nitrogens with one attached hydrogen (secondary N) is 1. The summed E-state index contributed by atoms with van der Waals surface area (Å²) in [5.41, 5.74) is 6.20. The van der Waals surface area contributed by atoms with Gasteiger partial charge in [-0.3, -0.25) is 10.1 Å². The smallest absolute Gasteiger partial charge is 0.353 e. The zero-order valence-electron chi connectivity index (χ0n) is 11.0. The van der Waals surface area contributed by atoms with Gasteiger partial charge in [0.15, 0.2) is 0 Å². The largest absolute Gasteiger partial charge is 0.493 e. The highest BCUT2D eigenvalue weighted by Gasteiger charge is 2.26. The van der Waals surface area contributed by atoms with Crippen LogP contribution in [0.15, 0.2) is 30.6 Å². The molecule has 0 radical (unpaired) electrons. The minimum atomic E-state index is -0.580. The first-order valence-corrected chi connectivity index (χ1v) is 6.40. The van der Waals surface area contributed by atoms with Gasteiger partial charge < -0.3 is 15.8 Å². The number of para-hydroxylation sites is 1. The van der Waals surface area contributed by atoms with E-state index >= 15 is 0 Å². The van der Waals surface area contributed by atoms with Crippen LogP contribution in [-0.4, -0.2) is 21.5 Å². The first kappa shape index (κ1) is 13.1. The van der Waals surface area contributed by atoms with E-state index in [2.05, 4.69) is 15.3 Å². The number of anilines is 2. The summed E-state index contributed by atoms with van der Waals surface area (Å²) < 4.78 is 5.56. The van der Waals surface area contributed by atoms with Gasteiger partial charge in [-0.25, -0.2) is 9.97 Å². The molecule has 2 heterocycles. The summed E-state index contributed by atoms with van der Waals surface area (Å²) in [5.74, 6) is 0.734. The van der Waals surface area contributed by atoms with Crippen LogP contribution in [0, 0.1) is 10.1 Å². The Bertz CT molecular complexity index is 691. The molecule has 0 fully saturated rings. The second-order valence-corrected chi connectivity index (χ2v) is 4.59. The maximum atomic E-state index is 11.1. The highest BCUT2D eigenvalue weighted by Crippen LogP contribution is 2.36. The van der Waals surface area contributed by atoms with Crippen LogP contribution < -0.4 is 15.8 Å². The lowest BCUT2D eigenvalue weighted by atomic mass is 10.0. The normalized spacial score (nSPS) is 16.7. The van der Waals surface area contributed by atoms with Gasteiger partial charge in [0, 0.05) is 12.0 Å². The third-order valence-electron chi connectivity index (χ3n) is 3.30. The summed E-state index contributed by atoms with van der Waals surface area (Å²) in [4.78, 5) is 18.1. The van der Waals surface area contributed by atoms with E-state index in [4.69, 9.17) is 10.5 Å². The fourth-order valence-corrected chi connectivity index (χ4v) is 2.34. The molecule has 1 atom stereocenters. The fourth-order valence-electron chi connectivity index (χ4n) is 2.34. The predicted molar refractivity (Wildman–Crippen MR) is 76.0 cm³/mol. The van der Waals surface area contributed by atoms with Gasteiger partial charge in [-0.1, -0.05) is 18.2 Å². The standard InChI is InChI=1S/C13H13N5O3/c14-12-11(18(19)20)13(16-7-15-12)17-9-5-6-21-10-4-2-1-3-8(9)10/h1-4,7,9H,5-6H2,(H3,14,15,16,17). The Balaban J connectivity index is 1.96. The third-order valence-corrected chi connectivity index (χ3v) is 3.30. The molecule has 0 saturated heterocycles. The van der Waals surface area contributed by atoms with Crippen molar-refractivity contribution in [2.75, 3.05) is 17.7 Å². The Morgan fingerprint density at radius 2 is 2.19 bits per heavy atom. The predicted octanol–water partition coefficient (Wildman–Crippen LogP) is 1.90. The van der Waals surface area contributed by atoms with E-state index in [9.17, 15) is 10.1 Å². The Kier molecular flexibility index (Phi) is 3.27. The molecule has 8 heteroatoms. The number of ether oxygens (including phenoxy) is 1. The van der Waals surface area contributed by atoms with E-state index in [0.29, 0.717) is 13.0 Å². The monoisotopic (exact) mass is 287 g/mol. The second-order valence-electron chi connectivity index (χ2n) is 4.59. The molecule has 2 aromatic rings. The van der Waals surface area contributed by atoms with Crippen molar-refractivity contribution in [1.82, 2.24) is 9.97 Å². The molecule has 1 aliphatic rings. The summed E-state index contributed by atoms with van der Waals surface area (Å²) >= 11 is 0. The van der Waals surface area contributed by atoms with E-state index in [1.807, 2.05) is 24.3 Å². The average molecular weight is 287 g/mol. The van der Waals surface area contributed by atoms with Crippen molar-refractivity contribution in [3.8, 4) is 5.75 Å². The Morgan fingerprint density at radius 1 is 1.38 bits per heavy atom. The lowest BCUT2D eigenvalue weighted by Gasteiger charge is -2.26. The number of rotatable bonds is 3. The van der Waals surface area contributed by atoms with Gasteiger partial charge >= 0.3 is 5.69 Å². The highest BCUT2D eigenvalue weighted by molar-refractivity contribution is 5.67. The molecule has 0 saturated carbocycles. The molecule has 3 rings (SSSR count). The summed E-state index contributed by atoms with van der Waals surface area (Å²) in [6, 6.07) is 7.44. The molecule has 0 aliphatic carbocycles. The molecule has 0 bridgehead atoms. The molecule has 0 spiro atoms. The molecule has 1 unspecified atom stereocenters. The molecule has 0 amide bonds. The topological polar surface area (TPSA) is 116 Å². The van der Waals surface area contributed by atoms with Crippen LogP contribution in [0.2, 0.25) is 0 Å². The quantitative estimate of drug-likeness (QED) is 0.654. The van der Waals surface area contributed by atoms with Gasteiger partial charge in [0.1, 0.15) is 12.1 Å². The van der Waals surface area contributed by atoms with E-state index in [1.54, 1.807) is 0 Å². The van der Waals surface area contributed by atoms with E-state index in [-0.39, 0.29) is 23.4 Å². The molecule has 1 aliphatic heterocycles. The maximum Gasteiger partial charge on any atom is 0.353 e. The van der Waals surface area contributed by atoms with Crippen molar-refractivity contribution in [3.63, 3.8) is 0 Å². The van der Waals surface area contributed by atoms with Crippen molar-refractivity contribution >= 4 is 17.3 Å². The summed E-state index contributed by atoms with van der Waals surface area (Å²) in [7, 11) is 0. The van der Waals surface area contributed by atoms with Gasteiger partial charge in [0.25, 0.3) is 0 Å². The Hall–Kier alpha value is -2.90. The van der Waals surface area contributed by atoms with Gasteiger partial charge in [-0.2, -0.15) is 0 Å². The third kappa shape index (κ3) is 2.42. The minimum Gasteiger partial charge on any atom is -0.493 e. The van der Waals surface area contributed by atoms with Crippen molar-refractivity contribution in [2.45, 2.75) is 12.5 Å². The number of aromatic nitrogens is 2. The molecular formula is C13H13N5O3. The number of nitrogen functional groups attached to an aromatic ring is 1. The van der Waals surface area contributed by atoms with Crippen LogP contribution in [0.3, 0.4) is 0 Å². The number of hydrogen-bond acceptors (Lipinski definition) is 7. The lowest BCUT2D eigenvalue weighted by molar-refractivity contribution is -0.383. The van der Waals surface area contributed by atoms with Crippen LogP contribution in [0.5, 0.6) is 5.75 Å². The summed E-state index contributed by atoms with van der Waals surface area (Å²) in [6.45, 7) is 0.531. The lowest BCUT2D eigenvalue weighted by Crippen LogP contribution is -2.21. The number of nitrogens with two attached hydrogens (primary N) is 1. The molecular weight excluding hydrogens is 274 g/mol. The van der Waals surface area contributed by atoms with Gasteiger partial charge in [-0.15, -0.1) is 0 Å². The number of fused-ring (bicyclic) bond motifs is 1. The molecule has 108 valence electrons. The zero-order chi connectivity index (χ0) is 14.8. The minimum absolute atomic E-state index is 0.120. The van der Waals surface area contributed by atoms with Crippen LogP contribution in [-0.2, 0) is 0 Å². The van der Waals surface area contributed by atoms with Crippen LogP contribution in [0.25, 0.3) is 0 Å². The van der Waals surface area contributed by atoms with E-state index in [0.717, 1.165) is 11.3 Å². The SMILES string of the molecule is Nc1ncnc(NC2CCOc3ccccc32)c1[N+](=O)[O-]. The van der Waals surface area contributed by atoms with Gasteiger partial charge in [0.05, 0.1) is 17.6 Å². The molecule has 8 nitrogen and oxygen atoms in total. The number of benzene rings is 1. The number of nitro groups is 1. The van der Waals surface area contributed by atoms with Crippen LogP contribution >= 0.6 is 0 Å². The number of hydrogen-bond donors (Lipinski definition) is 2. The van der Waals surface area contributed by atoms with Crippen molar-refractivity contribution in [2.24, 2.45) is 0 Å². The van der Waals surface area contributed by atoms with Crippen molar-refractivity contribution < 1.29 is 9.66 Å². The van der Waals surface area contributed by atoms with E-state index < -0.39 is 4.92 Å². The molecule has 21 heavy (non-hydrogen) atoms. The van der Waals surface area contributed by atoms with Gasteiger partial charge in [-0.05, 0) is 6.07 Å². The fraction of sp³-hybridized carbons (Fsp3) is 0.231. The first-order valence-electron chi connectivity index (χ1n) is 6.40. The van der Waals surface area contributed by atoms with E-state index in [1.165, 1.54) is 6.33 Å². The zero-order valence-corrected chi connectivity index (χ0v) is 11.0. The van der Waals surface area contributed by atoms with Crippen LogP contribution in [0.1, 0.15) is 18.0 Å². The molecule has 3 N–H and O–H groups in total. The average Bonchev–Trinajstić information content (AvgIpc) is 2.47. The Labute approximate surface area is 120 Å². The Morgan fingerprint density at radius 3 is 3.00 bits per heavy atom. The second kappa shape index (κ2) is 5.23. The highest BCUT2D eigenvalue weighted by atomic mass is 16.6. The first-order chi connectivity index (χ1) is 10.2. The summed E-state index contributed by atoms with van der Waals surface area (Å²) in [5, 5.41) is 14.2. The van der Waals surface area contributed by atoms with Gasteiger partial charge in [0.2, 0.25) is 11.6 Å². The maximum absolute atomic E-state index is 11.1. The van der Waals surface area contributed by atoms with Crippen LogP contribution in [0.4, 0.5) is 17.3 Å². The van der Waals surface area contributed by atoms with Crippen molar-refractivity contribution in [1.29, 1.82) is 0 Å². The number of nitrogens with zero attached hydrogens (tertiary/aromatic N) is 3. The molecule has 1 aromatic heterocycles.